The van der Waals surface area contributed by atoms with E-state index in [2.05, 4.69) is 37.9 Å². The van der Waals surface area contributed by atoms with Crippen LogP contribution >= 0.6 is 0 Å². The molecule has 0 aliphatic carbocycles. The summed E-state index contributed by atoms with van der Waals surface area (Å²) in [6, 6.07) is 0.545. The molecule has 0 radical (unpaired) electrons. The van der Waals surface area contributed by atoms with Crippen LogP contribution in [0.1, 0.15) is 47.0 Å². The second kappa shape index (κ2) is 12.4. The van der Waals surface area contributed by atoms with E-state index in [4.69, 9.17) is 9.47 Å². The van der Waals surface area contributed by atoms with Crippen molar-refractivity contribution in [2.75, 3.05) is 53.6 Å². The lowest BCUT2D eigenvalue weighted by Gasteiger charge is -2.38. The zero-order valence-corrected chi connectivity index (χ0v) is 15.2. The topological polar surface area (TPSA) is 33.7 Å². The average Bonchev–Trinajstić information content (AvgIpc) is 2.48. The molecular weight excluding hydrogens is 264 g/mol. The van der Waals surface area contributed by atoms with E-state index in [9.17, 15) is 0 Å². The fourth-order valence-electron chi connectivity index (χ4n) is 2.60. The second-order valence-electron chi connectivity index (χ2n) is 6.36. The summed E-state index contributed by atoms with van der Waals surface area (Å²) in [5.41, 5.74) is 0.352. The van der Waals surface area contributed by atoms with E-state index in [1.807, 2.05) is 0 Å². The molecule has 0 bridgehead atoms. The van der Waals surface area contributed by atoms with Gasteiger partial charge in [-0.3, -0.25) is 0 Å². The Morgan fingerprint density at radius 3 is 2.10 bits per heavy atom. The molecule has 0 aliphatic heterocycles. The smallest absolute Gasteiger partial charge is 0.0589 e. The third-order valence-electron chi connectivity index (χ3n) is 4.38. The molecule has 128 valence electrons. The third kappa shape index (κ3) is 9.46. The van der Waals surface area contributed by atoms with E-state index in [1.165, 1.54) is 12.8 Å². The van der Waals surface area contributed by atoms with Crippen LogP contribution in [0.5, 0.6) is 0 Å². The second-order valence-corrected chi connectivity index (χ2v) is 6.36. The molecule has 0 aliphatic rings. The summed E-state index contributed by atoms with van der Waals surface area (Å²) in [5.74, 6) is 0. The van der Waals surface area contributed by atoms with E-state index in [0.717, 1.165) is 45.8 Å². The number of hydrogen-bond donors (Lipinski definition) is 1. The molecule has 0 spiro atoms. The van der Waals surface area contributed by atoms with Crippen molar-refractivity contribution in [3.63, 3.8) is 0 Å². The molecule has 0 aromatic carbocycles. The Balaban J connectivity index is 4.59. The number of rotatable bonds is 14. The first kappa shape index (κ1) is 20.8. The van der Waals surface area contributed by atoms with Crippen molar-refractivity contribution in [2.45, 2.75) is 53.0 Å². The predicted octanol–water partition coefficient (Wildman–Crippen LogP) is 2.78. The summed E-state index contributed by atoms with van der Waals surface area (Å²) in [6.45, 7) is 15.0. The third-order valence-corrected chi connectivity index (χ3v) is 4.38. The van der Waals surface area contributed by atoms with Gasteiger partial charge in [-0.05, 0) is 24.7 Å². The minimum Gasteiger partial charge on any atom is -0.385 e. The van der Waals surface area contributed by atoms with Gasteiger partial charge in [-0.2, -0.15) is 0 Å². The number of methoxy groups -OCH3 is 2. The van der Waals surface area contributed by atoms with Crippen LogP contribution in [-0.2, 0) is 9.47 Å². The van der Waals surface area contributed by atoms with Crippen LogP contribution in [0, 0.1) is 5.41 Å². The lowest BCUT2D eigenvalue weighted by Crippen LogP contribution is -2.46. The van der Waals surface area contributed by atoms with Gasteiger partial charge in [0.15, 0.2) is 0 Å². The van der Waals surface area contributed by atoms with E-state index in [1.54, 1.807) is 14.2 Å². The van der Waals surface area contributed by atoms with Gasteiger partial charge in [-0.15, -0.1) is 0 Å². The van der Waals surface area contributed by atoms with E-state index < -0.39 is 0 Å². The number of nitrogens with one attached hydrogen (secondary N) is 1. The predicted molar refractivity (Wildman–Crippen MR) is 91.0 cm³/mol. The zero-order valence-electron chi connectivity index (χ0n) is 15.2. The normalized spacial score (nSPS) is 12.6. The van der Waals surface area contributed by atoms with Crippen LogP contribution in [0.2, 0.25) is 0 Å². The molecule has 0 heterocycles. The Kier molecular flexibility index (Phi) is 12.3. The molecule has 4 nitrogen and oxygen atoms in total. The summed E-state index contributed by atoms with van der Waals surface area (Å²) < 4.78 is 10.5. The Morgan fingerprint density at radius 1 is 1.00 bits per heavy atom. The number of hydrogen-bond acceptors (Lipinski definition) is 4. The van der Waals surface area contributed by atoms with Gasteiger partial charge in [0.2, 0.25) is 0 Å². The molecule has 0 saturated carbocycles. The highest BCUT2D eigenvalue weighted by Crippen LogP contribution is 2.27. The van der Waals surface area contributed by atoms with Gasteiger partial charge >= 0.3 is 0 Å². The first-order valence-electron chi connectivity index (χ1n) is 8.47. The maximum Gasteiger partial charge on any atom is 0.0589 e. The Bertz CT molecular complexity index is 231. The number of nitrogens with zero attached hydrogens (tertiary/aromatic N) is 1. The van der Waals surface area contributed by atoms with E-state index in [-0.39, 0.29) is 0 Å². The monoisotopic (exact) mass is 302 g/mol. The maximum atomic E-state index is 5.27. The largest absolute Gasteiger partial charge is 0.385 e. The summed E-state index contributed by atoms with van der Waals surface area (Å²) in [4.78, 5) is 2.54. The first-order chi connectivity index (χ1) is 10.0. The molecule has 0 rings (SSSR count). The van der Waals surface area contributed by atoms with Crippen molar-refractivity contribution in [2.24, 2.45) is 5.41 Å². The molecule has 0 fully saturated rings. The molecular formula is C17H38N2O2. The molecule has 0 aromatic rings. The zero-order chi connectivity index (χ0) is 16.1. The van der Waals surface area contributed by atoms with Crippen molar-refractivity contribution in [3.05, 3.63) is 0 Å². The quantitative estimate of drug-likeness (QED) is 0.500. The highest BCUT2D eigenvalue weighted by molar-refractivity contribution is 4.83. The number of ether oxygens (including phenoxy) is 2. The first-order valence-corrected chi connectivity index (χ1v) is 8.47. The van der Waals surface area contributed by atoms with Crippen LogP contribution in [0.25, 0.3) is 0 Å². The van der Waals surface area contributed by atoms with Crippen LogP contribution in [-0.4, -0.2) is 64.6 Å². The van der Waals surface area contributed by atoms with Crippen LogP contribution in [0.15, 0.2) is 0 Å². The summed E-state index contributed by atoms with van der Waals surface area (Å²) >= 11 is 0. The van der Waals surface area contributed by atoms with Gasteiger partial charge in [0, 0.05) is 53.0 Å². The SMILES string of the molecule is CCC(CC)(CNC(C)C)CN(CCCOC)CCOC. The lowest BCUT2D eigenvalue weighted by atomic mass is 9.81. The standard InChI is InChI=1S/C17H38N2O2/c1-7-17(8-2,14-18-16(3)4)15-19(11-13-21-6)10-9-12-20-5/h16,18H,7-15H2,1-6H3. The molecule has 21 heavy (non-hydrogen) atoms. The minimum absolute atomic E-state index is 0.352. The minimum atomic E-state index is 0.352. The summed E-state index contributed by atoms with van der Waals surface area (Å²) in [7, 11) is 3.55. The molecule has 1 N–H and O–H groups in total. The fourth-order valence-corrected chi connectivity index (χ4v) is 2.60. The van der Waals surface area contributed by atoms with E-state index >= 15 is 0 Å². The average molecular weight is 303 g/mol. The molecule has 0 saturated heterocycles. The Hall–Kier alpha value is -0.160. The Labute approximate surface area is 132 Å². The van der Waals surface area contributed by atoms with Gasteiger partial charge in [-0.1, -0.05) is 27.7 Å². The molecule has 0 amide bonds. The maximum absolute atomic E-state index is 5.27. The van der Waals surface area contributed by atoms with Gasteiger partial charge in [-0.25, -0.2) is 0 Å². The molecule has 0 aromatic heterocycles. The van der Waals surface area contributed by atoms with Gasteiger partial charge in [0.25, 0.3) is 0 Å². The van der Waals surface area contributed by atoms with Crippen LogP contribution in [0.3, 0.4) is 0 Å². The van der Waals surface area contributed by atoms with Crippen LogP contribution in [0.4, 0.5) is 0 Å². The summed E-state index contributed by atoms with van der Waals surface area (Å²) in [5, 5.41) is 3.63. The van der Waals surface area contributed by atoms with Crippen molar-refractivity contribution in [1.82, 2.24) is 10.2 Å². The summed E-state index contributed by atoms with van der Waals surface area (Å²) in [6.07, 6.45) is 3.50. The highest BCUT2D eigenvalue weighted by atomic mass is 16.5. The highest BCUT2D eigenvalue weighted by Gasteiger charge is 2.28. The molecule has 0 atom stereocenters. The van der Waals surface area contributed by atoms with Crippen molar-refractivity contribution in [3.8, 4) is 0 Å². The van der Waals surface area contributed by atoms with Gasteiger partial charge < -0.3 is 19.7 Å². The van der Waals surface area contributed by atoms with E-state index in [0.29, 0.717) is 11.5 Å². The fraction of sp³-hybridized carbons (Fsp3) is 1.00. The van der Waals surface area contributed by atoms with Gasteiger partial charge in [0.1, 0.15) is 0 Å². The van der Waals surface area contributed by atoms with Crippen molar-refractivity contribution in [1.29, 1.82) is 0 Å². The van der Waals surface area contributed by atoms with Crippen molar-refractivity contribution >= 4 is 0 Å². The molecule has 0 unspecified atom stereocenters. The van der Waals surface area contributed by atoms with Crippen LogP contribution < -0.4 is 5.32 Å². The molecule has 4 heteroatoms. The Morgan fingerprint density at radius 2 is 1.62 bits per heavy atom. The lowest BCUT2D eigenvalue weighted by molar-refractivity contribution is 0.0876. The van der Waals surface area contributed by atoms with Crippen molar-refractivity contribution < 1.29 is 9.47 Å². The van der Waals surface area contributed by atoms with Gasteiger partial charge in [0.05, 0.1) is 6.61 Å².